The van der Waals surface area contributed by atoms with Crippen LogP contribution in [0.1, 0.15) is 27.6 Å². The van der Waals surface area contributed by atoms with Gasteiger partial charge in [-0.25, -0.2) is 0 Å². The standard InChI is InChI=1S/C17H19N3O2S/c1-11-4-6-15-13(8-11)14(19-20(15)2)9-18-17(21)16-7-5-12(22-16)10-23-3/h4-8H,9-10H2,1-3H3,(H,18,21). The van der Waals surface area contributed by atoms with Crippen LogP contribution in [0.25, 0.3) is 10.9 Å². The van der Waals surface area contributed by atoms with E-state index in [4.69, 9.17) is 4.42 Å². The van der Waals surface area contributed by atoms with Gasteiger partial charge in [0.1, 0.15) is 5.76 Å². The van der Waals surface area contributed by atoms with Crippen LogP contribution in [0.15, 0.2) is 34.7 Å². The molecule has 3 rings (SSSR count). The fourth-order valence-electron chi connectivity index (χ4n) is 2.55. The predicted molar refractivity (Wildman–Crippen MR) is 92.5 cm³/mol. The number of rotatable bonds is 5. The van der Waals surface area contributed by atoms with Gasteiger partial charge >= 0.3 is 0 Å². The molecule has 2 aromatic heterocycles. The van der Waals surface area contributed by atoms with Crippen LogP contribution in [0, 0.1) is 6.92 Å². The molecule has 1 amide bonds. The average molecular weight is 329 g/mol. The van der Waals surface area contributed by atoms with Crippen molar-refractivity contribution in [2.75, 3.05) is 6.26 Å². The summed E-state index contributed by atoms with van der Waals surface area (Å²) in [6.45, 7) is 2.42. The molecule has 1 N–H and O–H groups in total. The maximum absolute atomic E-state index is 12.2. The quantitative estimate of drug-likeness (QED) is 0.780. The molecular formula is C17H19N3O2S. The summed E-state index contributed by atoms with van der Waals surface area (Å²) < 4.78 is 7.36. The summed E-state index contributed by atoms with van der Waals surface area (Å²) in [5.74, 6) is 1.69. The van der Waals surface area contributed by atoms with E-state index in [1.54, 1.807) is 17.8 Å². The number of nitrogens with zero attached hydrogens (tertiary/aromatic N) is 2. The second-order valence-electron chi connectivity index (χ2n) is 5.47. The van der Waals surface area contributed by atoms with Crippen molar-refractivity contribution >= 4 is 28.6 Å². The van der Waals surface area contributed by atoms with Crippen molar-refractivity contribution in [2.45, 2.75) is 19.2 Å². The van der Waals surface area contributed by atoms with E-state index in [0.717, 1.165) is 28.1 Å². The number of carbonyl (C=O) groups excluding carboxylic acids is 1. The van der Waals surface area contributed by atoms with Gasteiger partial charge in [0.15, 0.2) is 5.76 Å². The number of aryl methyl sites for hydroxylation is 2. The Hall–Kier alpha value is -2.21. The summed E-state index contributed by atoms with van der Waals surface area (Å²) in [7, 11) is 1.91. The second-order valence-corrected chi connectivity index (χ2v) is 6.34. The molecule has 0 aliphatic rings. The summed E-state index contributed by atoms with van der Waals surface area (Å²) >= 11 is 1.66. The zero-order valence-corrected chi connectivity index (χ0v) is 14.2. The number of amides is 1. The molecule has 0 fully saturated rings. The Kier molecular flexibility index (Phi) is 4.43. The summed E-state index contributed by atoms with van der Waals surface area (Å²) in [4.78, 5) is 12.2. The van der Waals surface area contributed by atoms with E-state index in [0.29, 0.717) is 12.3 Å². The van der Waals surface area contributed by atoms with E-state index in [9.17, 15) is 4.79 Å². The fraction of sp³-hybridized carbons (Fsp3) is 0.294. The van der Waals surface area contributed by atoms with Crippen LogP contribution in [-0.4, -0.2) is 21.9 Å². The van der Waals surface area contributed by atoms with Gasteiger partial charge in [-0.05, 0) is 37.4 Å². The zero-order valence-electron chi connectivity index (χ0n) is 13.4. The van der Waals surface area contributed by atoms with Crippen LogP contribution in [0.4, 0.5) is 0 Å². The number of aromatic nitrogens is 2. The number of furan rings is 1. The van der Waals surface area contributed by atoms with E-state index in [1.165, 1.54) is 5.56 Å². The predicted octanol–water partition coefficient (Wildman–Crippen LogP) is 3.27. The van der Waals surface area contributed by atoms with Crippen LogP contribution in [-0.2, 0) is 19.3 Å². The maximum Gasteiger partial charge on any atom is 0.287 e. The molecular weight excluding hydrogens is 310 g/mol. The van der Waals surface area contributed by atoms with Crippen molar-refractivity contribution in [3.8, 4) is 0 Å². The molecule has 0 saturated heterocycles. The zero-order chi connectivity index (χ0) is 16.4. The molecule has 0 saturated carbocycles. The first kappa shape index (κ1) is 15.7. The highest BCUT2D eigenvalue weighted by molar-refractivity contribution is 7.97. The first-order valence-electron chi connectivity index (χ1n) is 7.36. The molecule has 3 aromatic rings. The molecule has 5 nitrogen and oxygen atoms in total. The summed E-state index contributed by atoms with van der Waals surface area (Å²) in [6.07, 6.45) is 2.00. The smallest absolute Gasteiger partial charge is 0.287 e. The Bertz CT molecular complexity index is 851. The molecule has 0 radical (unpaired) electrons. The molecule has 0 atom stereocenters. The topological polar surface area (TPSA) is 60.1 Å². The van der Waals surface area contributed by atoms with Crippen molar-refractivity contribution in [3.63, 3.8) is 0 Å². The van der Waals surface area contributed by atoms with Crippen molar-refractivity contribution in [1.29, 1.82) is 0 Å². The third kappa shape index (κ3) is 3.27. The van der Waals surface area contributed by atoms with Crippen LogP contribution >= 0.6 is 11.8 Å². The lowest BCUT2D eigenvalue weighted by Crippen LogP contribution is -2.22. The Morgan fingerprint density at radius 2 is 2.17 bits per heavy atom. The molecule has 0 unspecified atom stereocenters. The molecule has 120 valence electrons. The van der Waals surface area contributed by atoms with Crippen LogP contribution in [0.3, 0.4) is 0 Å². The number of carbonyl (C=O) groups is 1. The Morgan fingerprint density at radius 1 is 1.35 bits per heavy atom. The summed E-state index contributed by atoms with van der Waals surface area (Å²) in [5.41, 5.74) is 3.08. The summed E-state index contributed by atoms with van der Waals surface area (Å²) in [5, 5.41) is 8.44. The van der Waals surface area contributed by atoms with Gasteiger partial charge in [-0.2, -0.15) is 16.9 Å². The van der Waals surface area contributed by atoms with Gasteiger partial charge in [0.25, 0.3) is 5.91 Å². The number of thioether (sulfide) groups is 1. The monoisotopic (exact) mass is 329 g/mol. The number of hydrogen-bond donors (Lipinski definition) is 1. The molecule has 0 bridgehead atoms. The second kappa shape index (κ2) is 6.50. The summed E-state index contributed by atoms with van der Waals surface area (Å²) in [6, 6.07) is 9.74. The number of nitrogens with one attached hydrogen (secondary N) is 1. The average Bonchev–Trinajstić information content (AvgIpc) is 3.11. The lowest BCUT2D eigenvalue weighted by molar-refractivity contribution is 0.0921. The molecule has 6 heteroatoms. The number of fused-ring (bicyclic) bond motifs is 1. The normalized spacial score (nSPS) is 11.1. The first-order chi connectivity index (χ1) is 11.1. The van der Waals surface area contributed by atoms with E-state index >= 15 is 0 Å². The van der Waals surface area contributed by atoms with Gasteiger partial charge in [-0.1, -0.05) is 11.6 Å². The highest BCUT2D eigenvalue weighted by atomic mass is 32.2. The van der Waals surface area contributed by atoms with Gasteiger partial charge < -0.3 is 9.73 Å². The SMILES string of the molecule is CSCc1ccc(C(=O)NCc2nn(C)c3ccc(C)cc23)o1. The minimum atomic E-state index is -0.219. The molecule has 0 aliphatic carbocycles. The Labute approximate surface area is 139 Å². The number of benzene rings is 1. The Morgan fingerprint density at radius 3 is 2.96 bits per heavy atom. The fourth-order valence-corrected chi connectivity index (χ4v) is 2.99. The van der Waals surface area contributed by atoms with Crippen molar-refractivity contribution in [1.82, 2.24) is 15.1 Å². The first-order valence-corrected chi connectivity index (χ1v) is 8.76. The van der Waals surface area contributed by atoms with Crippen LogP contribution in [0.5, 0.6) is 0 Å². The van der Waals surface area contributed by atoms with Gasteiger partial charge in [-0.15, -0.1) is 0 Å². The van der Waals surface area contributed by atoms with Gasteiger partial charge in [0.05, 0.1) is 23.5 Å². The van der Waals surface area contributed by atoms with Gasteiger partial charge in [0.2, 0.25) is 0 Å². The lowest BCUT2D eigenvalue weighted by atomic mass is 10.1. The van der Waals surface area contributed by atoms with Crippen LogP contribution in [0.2, 0.25) is 0 Å². The highest BCUT2D eigenvalue weighted by Gasteiger charge is 2.13. The number of hydrogen-bond acceptors (Lipinski definition) is 4. The van der Waals surface area contributed by atoms with Gasteiger partial charge in [0, 0.05) is 12.4 Å². The minimum absolute atomic E-state index is 0.219. The van der Waals surface area contributed by atoms with Crippen molar-refractivity contribution in [3.05, 3.63) is 53.1 Å². The van der Waals surface area contributed by atoms with E-state index < -0.39 is 0 Å². The van der Waals surface area contributed by atoms with Crippen LogP contribution < -0.4 is 5.32 Å². The molecule has 0 aliphatic heterocycles. The van der Waals surface area contributed by atoms with E-state index in [1.807, 2.05) is 37.0 Å². The molecule has 1 aromatic carbocycles. The molecule has 2 heterocycles. The third-order valence-electron chi connectivity index (χ3n) is 3.67. The lowest BCUT2D eigenvalue weighted by Gasteiger charge is -2.01. The van der Waals surface area contributed by atoms with E-state index in [2.05, 4.69) is 22.5 Å². The molecule has 0 spiro atoms. The maximum atomic E-state index is 12.2. The van der Waals surface area contributed by atoms with E-state index in [-0.39, 0.29) is 5.91 Å². The third-order valence-corrected chi connectivity index (χ3v) is 4.24. The van der Waals surface area contributed by atoms with Gasteiger partial charge in [-0.3, -0.25) is 9.48 Å². The van der Waals surface area contributed by atoms with Crippen molar-refractivity contribution in [2.24, 2.45) is 7.05 Å². The Balaban J connectivity index is 1.75. The largest absolute Gasteiger partial charge is 0.455 e. The highest BCUT2D eigenvalue weighted by Crippen LogP contribution is 2.19. The minimum Gasteiger partial charge on any atom is -0.455 e. The van der Waals surface area contributed by atoms with Crippen molar-refractivity contribution < 1.29 is 9.21 Å². The molecule has 23 heavy (non-hydrogen) atoms.